The predicted octanol–water partition coefficient (Wildman–Crippen LogP) is 3.45. The van der Waals surface area contributed by atoms with Crippen molar-refractivity contribution in [1.29, 1.82) is 0 Å². The van der Waals surface area contributed by atoms with Gasteiger partial charge in [-0.05, 0) is 80.6 Å². The number of aromatic amines is 1. The van der Waals surface area contributed by atoms with E-state index in [9.17, 15) is 15.0 Å². The SMILES string of the molecule is Cc1cc2n[nH]c(=O)n2c2cc(-c3ccccc3CN3CCC(C(C)O)CC3)c(O)cc12. The number of likely N-dealkylation sites (tertiary alicyclic amines) is 1. The van der Waals surface area contributed by atoms with Gasteiger partial charge in [0.05, 0.1) is 11.6 Å². The van der Waals surface area contributed by atoms with Gasteiger partial charge in [-0.1, -0.05) is 24.3 Å². The number of hydrogen-bond donors (Lipinski definition) is 3. The molecule has 3 heterocycles. The fourth-order valence-electron chi connectivity index (χ4n) is 4.96. The lowest BCUT2D eigenvalue weighted by atomic mass is 9.91. The minimum absolute atomic E-state index is 0.191. The zero-order valence-corrected chi connectivity index (χ0v) is 18.4. The number of hydrogen-bond acceptors (Lipinski definition) is 5. The summed E-state index contributed by atoms with van der Waals surface area (Å²) in [6.07, 6.45) is 1.72. The van der Waals surface area contributed by atoms with Crippen LogP contribution in [0, 0.1) is 12.8 Å². The second-order valence-corrected chi connectivity index (χ2v) is 8.95. The molecule has 0 aliphatic carbocycles. The number of nitrogens with one attached hydrogen (secondary N) is 1. The number of nitrogens with zero attached hydrogens (tertiary/aromatic N) is 3. The van der Waals surface area contributed by atoms with Crippen molar-refractivity contribution < 1.29 is 10.2 Å². The normalized spacial score (nSPS) is 16.7. The predicted molar refractivity (Wildman–Crippen MR) is 125 cm³/mol. The van der Waals surface area contributed by atoms with E-state index >= 15 is 0 Å². The quantitative estimate of drug-likeness (QED) is 0.459. The van der Waals surface area contributed by atoms with Crippen LogP contribution < -0.4 is 5.69 Å². The standard InChI is InChI=1S/C25H28N4O3/c1-15-11-24-26-27-25(32)29(24)22-12-21(23(31)13-20(15)22)19-6-4-3-5-18(19)14-28-9-7-17(8-10-28)16(2)30/h3-6,11-13,16-17,30-31H,7-10,14H2,1-2H3,(H,27,32). The van der Waals surface area contributed by atoms with Gasteiger partial charge in [-0.25, -0.2) is 14.3 Å². The molecule has 1 unspecified atom stereocenters. The van der Waals surface area contributed by atoms with E-state index in [1.54, 1.807) is 10.5 Å². The summed E-state index contributed by atoms with van der Waals surface area (Å²) in [6, 6.07) is 13.6. The fourth-order valence-corrected chi connectivity index (χ4v) is 4.96. The summed E-state index contributed by atoms with van der Waals surface area (Å²) in [5, 5.41) is 28.3. The average Bonchev–Trinajstić information content (AvgIpc) is 3.15. The molecule has 5 rings (SSSR count). The smallest absolute Gasteiger partial charge is 0.348 e. The number of benzene rings is 2. The molecule has 0 radical (unpaired) electrons. The molecule has 1 saturated heterocycles. The molecule has 4 aromatic rings. The average molecular weight is 433 g/mol. The number of phenols is 1. The Morgan fingerprint density at radius 2 is 1.91 bits per heavy atom. The van der Waals surface area contributed by atoms with Crippen molar-refractivity contribution in [3.63, 3.8) is 0 Å². The number of pyridine rings is 1. The molecule has 1 aliphatic rings. The van der Waals surface area contributed by atoms with Crippen molar-refractivity contribution in [2.45, 2.75) is 39.3 Å². The molecule has 7 heteroatoms. The summed E-state index contributed by atoms with van der Waals surface area (Å²) < 4.78 is 1.55. The van der Waals surface area contributed by atoms with E-state index in [0.717, 1.165) is 60.1 Å². The van der Waals surface area contributed by atoms with Gasteiger partial charge in [-0.15, -0.1) is 0 Å². The van der Waals surface area contributed by atoms with E-state index in [-0.39, 0.29) is 17.5 Å². The first-order valence-corrected chi connectivity index (χ1v) is 11.1. The van der Waals surface area contributed by atoms with Crippen molar-refractivity contribution >= 4 is 16.6 Å². The van der Waals surface area contributed by atoms with Crippen LogP contribution in [0.1, 0.15) is 30.9 Å². The molecule has 0 spiro atoms. The zero-order valence-electron chi connectivity index (χ0n) is 18.4. The van der Waals surface area contributed by atoms with Crippen molar-refractivity contribution in [3.05, 3.63) is 64.1 Å². The lowest BCUT2D eigenvalue weighted by molar-refractivity contribution is 0.0696. The Hall–Kier alpha value is -3.16. The van der Waals surface area contributed by atoms with Gasteiger partial charge in [0.2, 0.25) is 0 Å². The third-order valence-corrected chi connectivity index (χ3v) is 6.84. The van der Waals surface area contributed by atoms with Gasteiger partial charge in [0.15, 0.2) is 5.65 Å². The van der Waals surface area contributed by atoms with Crippen LogP contribution in [0.3, 0.4) is 0 Å². The number of fused-ring (bicyclic) bond motifs is 3. The Kier molecular flexibility index (Phi) is 5.23. The summed E-state index contributed by atoms with van der Waals surface area (Å²) in [5.74, 6) is 0.557. The molecule has 0 amide bonds. The highest BCUT2D eigenvalue weighted by Crippen LogP contribution is 2.37. The van der Waals surface area contributed by atoms with Crippen LogP contribution in [-0.2, 0) is 6.54 Å². The molecule has 7 nitrogen and oxygen atoms in total. The highest BCUT2D eigenvalue weighted by Gasteiger charge is 2.23. The molecule has 3 N–H and O–H groups in total. The summed E-state index contributed by atoms with van der Waals surface area (Å²) in [7, 11) is 0. The van der Waals surface area contributed by atoms with Gasteiger partial charge >= 0.3 is 5.69 Å². The minimum atomic E-state index is -0.295. The maximum atomic E-state index is 12.4. The summed E-state index contributed by atoms with van der Waals surface area (Å²) in [5.41, 5.74) is 4.72. The Morgan fingerprint density at radius 1 is 1.16 bits per heavy atom. The van der Waals surface area contributed by atoms with E-state index in [4.69, 9.17) is 0 Å². The zero-order chi connectivity index (χ0) is 22.4. The summed E-state index contributed by atoms with van der Waals surface area (Å²) in [6.45, 7) is 6.48. The number of phenolic OH excluding ortho intramolecular Hbond substituents is 1. The molecule has 1 aliphatic heterocycles. The molecule has 0 bridgehead atoms. The molecule has 32 heavy (non-hydrogen) atoms. The molecule has 1 atom stereocenters. The molecular formula is C25H28N4O3. The van der Waals surface area contributed by atoms with E-state index in [2.05, 4.69) is 21.2 Å². The number of aromatic nitrogens is 3. The van der Waals surface area contributed by atoms with Crippen molar-refractivity contribution in [3.8, 4) is 16.9 Å². The number of aryl methyl sites for hydroxylation is 1. The lowest BCUT2D eigenvalue weighted by Gasteiger charge is -2.33. The number of piperidine rings is 1. The fraction of sp³-hybridized carbons (Fsp3) is 0.360. The molecular weight excluding hydrogens is 404 g/mol. The lowest BCUT2D eigenvalue weighted by Crippen LogP contribution is -2.36. The van der Waals surface area contributed by atoms with Crippen molar-refractivity contribution in [2.75, 3.05) is 13.1 Å². The monoisotopic (exact) mass is 432 g/mol. The van der Waals surface area contributed by atoms with Crippen LogP contribution in [-0.4, -0.2) is 48.9 Å². The highest BCUT2D eigenvalue weighted by molar-refractivity contribution is 5.92. The van der Waals surface area contributed by atoms with E-state index < -0.39 is 0 Å². The maximum Gasteiger partial charge on any atom is 0.348 e. The van der Waals surface area contributed by atoms with Gasteiger partial charge in [-0.2, -0.15) is 5.10 Å². The Labute approximate surface area is 185 Å². The van der Waals surface area contributed by atoms with E-state index in [0.29, 0.717) is 17.1 Å². The Bertz CT molecular complexity index is 1350. The van der Waals surface area contributed by atoms with Crippen LogP contribution >= 0.6 is 0 Å². The number of rotatable bonds is 4. The van der Waals surface area contributed by atoms with Crippen LogP contribution in [0.4, 0.5) is 0 Å². The van der Waals surface area contributed by atoms with Crippen LogP contribution in [0.25, 0.3) is 27.7 Å². The van der Waals surface area contributed by atoms with Crippen LogP contribution in [0.15, 0.2) is 47.3 Å². The van der Waals surface area contributed by atoms with E-state index in [1.807, 2.05) is 44.2 Å². The largest absolute Gasteiger partial charge is 0.507 e. The third kappa shape index (κ3) is 3.57. The number of aliphatic hydroxyl groups excluding tert-OH is 1. The molecule has 2 aromatic heterocycles. The van der Waals surface area contributed by atoms with Gasteiger partial charge in [0.1, 0.15) is 5.75 Å². The topological polar surface area (TPSA) is 93.9 Å². The molecule has 0 saturated carbocycles. The number of aromatic hydroxyl groups is 1. The van der Waals surface area contributed by atoms with Gasteiger partial charge in [0, 0.05) is 17.5 Å². The van der Waals surface area contributed by atoms with Gasteiger partial charge in [0.25, 0.3) is 0 Å². The first-order chi connectivity index (χ1) is 15.4. The Balaban J connectivity index is 1.56. The van der Waals surface area contributed by atoms with E-state index in [1.165, 1.54) is 0 Å². The van der Waals surface area contributed by atoms with Crippen molar-refractivity contribution in [1.82, 2.24) is 19.5 Å². The first-order valence-electron chi connectivity index (χ1n) is 11.1. The number of H-pyrrole nitrogens is 1. The second-order valence-electron chi connectivity index (χ2n) is 8.95. The minimum Gasteiger partial charge on any atom is -0.507 e. The second kappa shape index (κ2) is 8.07. The van der Waals surface area contributed by atoms with Crippen LogP contribution in [0.5, 0.6) is 5.75 Å². The maximum absolute atomic E-state index is 12.4. The third-order valence-electron chi connectivity index (χ3n) is 6.84. The van der Waals surface area contributed by atoms with Crippen LogP contribution in [0.2, 0.25) is 0 Å². The molecule has 1 fully saturated rings. The molecule has 2 aromatic carbocycles. The first kappa shape index (κ1) is 20.7. The number of aliphatic hydroxyl groups is 1. The van der Waals surface area contributed by atoms with Gasteiger partial charge in [-0.3, -0.25) is 4.90 Å². The van der Waals surface area contributed by atoms with Gasteiger partial charge < -0.3 is 10.2 Å². The summed E-state index contributed by atoms with van der Waals surface area (Å²) in [4.78, 5) is 14.8. The van der Waals surface area contributed by atoms with Crippen molar-refractivity contribution in [2.24, 2.45) is 5.92 Å². The molecule has 166 valence electrons. The highest BCUT2D eigenvalue weighted by atomic mass is 16.3. The Morgan fingerprint density at radius 3 is 2.66 bits per heavy atom. The summed E-state index contributed by atoms with van der Waals surface area (Å²) >= 11 is 0.